The lowest BCUT2D eigenvalue weighted by Crippen LogP contribution is -2.42. The predicted molar refractivity (Wildman–Crippen MR) is 74.1 cm³/mol. The summed E-state index contributed by atoms with van der Waals surface area (Å²) in [5, 5.41) is 3.15. The molecule has 1 unspecified atom stereocenters. The van der Waals surface area contributed by atoms with E-state index in [9.17, 15) is 0 Å². The molecule has 0 bridgehead atoms. The lowest BCUT2D eigenvalue weighted by molar-refractivity contribution is 0.187. The van der Waals surface area contributed by atoms with Crippen molar-refractivity contribution >= 4 is 5.96 Å². The van der Waals surface area contributed by atoms with E-state index in [1.54, 1.807) is 0 Å². The Balaban J connectivity index is 2.14. The number of piperidine rings is 1. The van der Waals surface area contributed by atoms with E-state index in [0.29, 0.717) is 12.5 Å². The Bertz CT molecular complexity index is 273. The van der Waals surface area contributed by atoms with Crippen molar-refractivity contribution < 1.29 is 0 Å². The minimum absolute atomic E-state index is 0.526. The molecular weight excluding hydrogens is 212 g/mol. The lowest BCUT2D eigenvalue weighted by Gasteiger charge is -2.30. The van der Waals surface area contributed by atoms with E-state index in [-0.39, 0.29) is 0 Å². The van der Waals surface area contributed by atoms with Crippen LogP contribution >= 0.6 is 0 Å². The largest absolute Gasteiger partial charge is 0.370 e. The van der Waals surface area contributed by atoms with Crippen LogP contribution in [-0.2, 0) is 0 Å². The van der Waals surface area contributed by atoms with Gasteiger partial charge in [0, 0.05) is 19.6 Å². The van der Waals surface area contributed by atoms with Crippen LogP contribution < -0.4 is 11.1 Å². The lowest BCUT2D eigenvalue weighted by atomic mass is 10.0. The van der Waals surface area contributed by atoms with Gasteiger partial charge in [-0.1, -0.05) is 19.1 Å². The highest BCUT2D eigenvalue weighted by molar-refractivity contribution is 5.77. The van der Waals surface area contributed by atoms with Gasteiger partial charge in [0.05, 0.1) is 6.54 Å². The maximum Gasteiger partial charge on any atom is 0.188 e. The molecule has 0 aliphatic carbocycles. The van der Waals surface area contributed by atoms with E-state index < -0.39 is 0 Å². The molecule has 0 spiro atoms. The first-order valence-electron chi connectivity index (χ1n) is 6.48. The second-order valence-corrected chi connectivity index (χ2v) is 5.13. The molecule has 17 heavy (non-hydrogen) atoms. The van der Waals surface area contributed by atoms with Crippen molar-refractivity contribution in [1.29, 1.82) is 0 Å². The second-order valence-electron chi connectivity index (χ2n) is 5.13. The third-order valence-corrected chi connectivity index (χ3v) is 2.99. The minimum Gasteiger partial charge on any atom is -0.370 e. The normalized spacial score (nSPS) is 22.5. The first-order valence-corrected chi connectivity index (χ1v) is 6.48. The summed E-state index contributed by atoms with van der Waals surface area (Å²) in [6.07, 6.45) is 2.69. The SMILES string of the molecule is C=C(C)CN=C(N)NCCN1CCCC(C)C1. The Kier molecular flexibility index (Phi) is 6.05. The molecule has 0 aromatic carbocycles. The van der Waals surface area contributed by atoms with Gasteiger partial charge in [-0.25, -0.2) is 4.99 Å². The van der Waals surface area contributed by atoms with E-state index in [4.69, 9.17) is 5.73 Å². The number of aliphatic imine (C=N–C) groups is 1. The van der Waals surface area contributed by atoms with Crippen molar-refractivity contribution in [3.05, 3.63) is 12.2 Å². The van der Waals surface area contributed by atoms with Crippen LogP contribution in [0.2, 0.25) is 0 Å². The number of nitrogens with zero attached hydrogens (tertiary/aromatic N) is 2. The third kappa shape index (κ3) is 6.31. The Morgan fingerprint density at radius 2 is 2.35 bits per heavy atom. The number of likely N-dealkylation sites (tertiary alicyclic amines) is 1. The summed E-state index contributed by atoms with van der Waals surface area (Å²) in [5.41, 5.74) is 6.77. The van der Waals surface area contributed by atoms with E-state index in [0.717, 1.165) is 24.6 Å². The Hall–Kier alpha value is -1.03. The van der Waals surface area contributed by atoms with Crippen molar-refractivity contribution in [3.8, 4) is 0 Å². The summed E-state index contributed by atoms with van der Waals surface area (Å²) in [5.74, 6) is 1.36. The van der Waals surface area contributed by atoms with Crippen LogP contribution in [-0.4, -0.2) is 43.6 Å². The molecule has 1 saturated heterocycles. The number of hydrogen-bond donors (Lipinski definition) is 2. The maximum atomic E-state index is 5.74. The highest BCUT2D eigenvalue weighted by atomic mass is 15.2. The molecule has 4 nitrogen and oxygen atoms in total. The van der Waals surface area contributed by atoms with E-state index in [1.807, 2.05) is 6.92 Å². The first-order chi connectivity index (χ1) is 8.08. The molecule has 0 radical (unpaired) electrons. The summed E-state index contributed by atoms with van der Waals surface area (Å²) in [6, 6.07) is 0. The summed E-state index contributed by atoms with van der Waals surface area (Å²) >= 11 is 0. The maximum absolute atomic E-state index is 5.74. The van der Waals surface area contributed by atoms with Crippen LogP contribution in [0.25, 0.3) is 0 Å². The van der Waals surface area contributed by atoms with E-state index in [1.165, 1.54) is 25.9 Å². The zero-order valence-corrected chi connectivity index (χ0v) is 11.2. The molecule has 1 aliphatic heterocycles. The summed E-state index contributed by atoms with van der Waals surface area (Å²) < 4.78 is 0. The molecule has 98 valence electrons. The van der Waals surface area contributed by atoms with Crippen LogP contribution in [0.3, 0.4) is 0 Å². The van der Waals surface area contributed by atoms with Crippen molar-refractivity contribution in [3.63, 3.8) is 0 Å². The molecule has 1 atom stereocenters. The first kappa shape index (κ1) is 14.0. The van der Waals surface area contributed by atoms with Gasteiger partial charge in [-0.05, 0) is 32.2 Å². The van der Waals surface area contributed by atoms with E-state index >= 15 is 0 Å². The zero-order chi connectivity index (χ0) is 12.7. The van der Waals surface area contributed by atoms with Gasteiger partial charge < -0.3 is 16.0 Å². The highest BCUT2D eigenvalue weighted by Crippen LogP contribution is 2.14. The van der Waals surface area contributed by atoms with Gasteiger partial charge in [0.1, 0.15) is 0 Å². The minimum atomic E-state index is 0.526. The number of nitrogens with one attached hydrogen (secondary N) is 1. The fourth-order valence-electron chi connectivity index (χ4n) is 2.11. The third-order valence-electron chi connectivity index (χ3n) is 2.99. The number of nitrogens with two attached hydrogens (primary N) is 1. The van der Waals surface area contributed by atoms with Crippen molar-refractivity contribution in [2.45, 2.75) is 26.7 Å². The topological polar surface area (TPSA) is 53.6 Å². The average molecular weight is 238 g/mol. The van der Waals surface area contributed by atoms with Crippen LogP contribution in [0.5, 0.6) is 0 Å². The van der Waals surface area contributed by atoms with Gasteiger partial charge in [-0.2, -0.15) is 0 Å². The Morgan fingerprint density at radius 3 is 3.00 bits per heavy atom. The molecule has 0 saturated carbocycles. The average Bonchev–Trinajstić information content (AvgIpc) is 2.26. The highest BCUT2D eigenvalue weighted by Gasteiger charge is 2.15. The van der Waals surface area contributed by atoms with Gasteiger partial charge in [-0.3, -0.25) is 0 Å². The zero-order valence-electron chi connectivity index (χ0n) is 11.2. The van der Waals surface area contributed by atoms with Crippen LogP contribution in [0.1, 0.15) is 26.7 Å². The van der Waals surface area contributed by atoms with Crippen LogP contribution in [0, 0.1) is 5.92 Å². The monoisotopic (exact) mass is 238 g/mol. The number of hydrogen-bond acceptors (Lipinski definition) is 2. The predicted octanol–water partition coefficient (Wildman–Crippen LogP) is 1.20. The van der Waals surface area contributed by atoms with Crippen molar-refractivity contribution in [2.24, 2.45) is 16.6 Å². The number of guanidine groups is 1. The summed E-state index contributed by atoms with van der Waals surface area (Å²) in [7, 11) is 0. The Morgan fingerprint density at radius 1 is 1.59 bits per heavy atom. The molecule has 0 amide bonds. The fraction of sp³-hybridized carbons (Fsp3) is 0.769. The Labute approximate surface area is 105 Å². The van der Waals surface area contributed by atoms with Crippen LogP contribution in [0.15, 0.2) is 17.1 Å². The smallest absolute Gasteiger partial charge is 0.188 e. The molecule has 1 fully saturated rings. The quantitative estimate of drug-likeness (QED) is 0.430. The molecule has 0 aromatic rings. The number of rotatable bonds is 5. The molecule has 1 rings (SSSR count). The summed E-state index contributed by atoms with van der Waals surface area (Å²) in [4.78, 5) is 6.68. The second kappa shape index (κ2) is 7.33. The molecule has 3 N–H and O–H groups in total. The van der Waals surface area contributed by atoms with Crippen LogP contribution in [0.4, 0.5) is 0 Å². The van der Waals surface area contributed by atoms with Gasteiger partial charge in [0.25, 0.3) is 0 Å². The fourth-order valence-corrected chi connectivity index (χ4v) is 2.11. The standard InChI is InChI=1S/C13H26N4/c1-11(2)9-16-13(14)15-6-8-17-7-4-5-12(3)10-17/h12H,1,4-10H2,2-3H3,(H3,14,15,16). The molecule has 4 heteroatoms. The van der Waals surface area contributed by atoms with Crippen molar-refractivity contribution in [2.75, 3.05) is 32.7 Å². The molecule has 1 heterocycles. The van der Waals surface area contributed by atoms with Crippen molar-refractivity contribution in [1.82, 2.24) is 10.2 Å². The summed E-state index contributed by atoms with van der Waals surface area (Å²) in [6.45, 7) is 13.0. The molecular formula is C13H26N4. The molecule has 1 aliphatic rings. The van der Waals surface area contributed by atoms with Gasteiger partial charge >= 0.3 is 0 Å². The van der Waals surface area contributed by atoms with Gasteiger partial charge in [0.2, 0.25) is 0 Å². The van der Waals surface area contributed by atoms with Gasteiger partial charge in [0.15, 0.2) is 5.96 Å². The molecule has 0 aromatic heterocycles. The van der Waals surface area contributed by atoms with Gasteiger partial charge in [-0.15, -0.1) is 0 Å². The van der Waals surface area contributed by atoms with E-state index in [2.05, 4.69) is 28.7 Å².